The van der Waals surface area contributed by atoms with Crippen LogP contribution in [0, 0.1) is 0 Å². The van der Waals surface area contributed by atoms with Crippen LogP contribution >= 0.6 is 0 Å². The number of allylic oxidation sites excluding steroid dienone is 6. The van der Waals surface area contributed by atoms with Gasteiger partial charge in [0.25, 0.3) is 0 Å². The van der Waals surface area contributed by atoms with Crippen molar-refractivity contribution in [3.05, 3.63) is 107 Å². The third-order valence-corrected chi connectivity index (χ3v) is 5.47. The Labute approximate surface area is 254 Å². The van der Waals surface area contributed by atoms with Gasteiger partial charge in [-0.1, -0.05) is 36.4 Å². The molecule has 2 aliphatic carbocycles. The number of aliphatic hydroxyl groups is 2. The molecule has 0 atom stereocenters. The summed E-state index contributed by atoms with van der Waals surface area (Å²) < 4.78 is 0. The fourth-order valence-corrected chi connectivity index (χ4v) is 3.52. The fraction of sp³-hybridized carbons (Fsp3) is 0. The van der Waals surface area contributed by atoms with E-state index >= 15 is 0 Å². The maximum atomic E-state index is 11.5. The maximum Gasteiger partial charge on any atom is 0.338 e. The number of hydrogen-bond acceptors (Lipinski definition) is 10. The molecular weight excluding hydrogens is 543 g/mol. The standard InChI is InChI=1S/C28H20N4O8.Na/c33-19-11-21(27(37)38)25(23(35)13-19)31-29-17-7-3-15(4-8-17)1-2-16-5-9-18(10-6-16)30-32-26-22(28(39)40)12-20(34)14-24(26)36;/h1-14,29-30,35-36H,(H,37,38)(H,39,40);. The molecule has 2 aromatic carbocycles. The van der Waals surface area contributed by atoms with E-state index in [1.165, 1.54) is 0 Å². The van der Waals surface area contributed by atoms with Crippen molar-refractivity contribution in [2.45, 2.75) is 0 Å². The molecular formula is C28H20N4NaO8. The number of carbonyl (C=O) groups is 4. The largest absolute Gasteiger partial charge is 0.505 e. The molecule has 1 radical (unpaired) electrons. The number of benzene rings is 2. The van der Waals surface area contributed by atoms with Gasteiger partial charge in [-0.2, -0.15) is 10.2 Å². The van der Waals surface area contributed by atoms with Crippen LogP contribution in [-0.4, -0.2) is 84.9 Å². The Morgan fingerprint density at radius 3 is 1.27 bits per heavy atom. The molecule has 4 rings (SSSR count). The number of carbonyl (C=O) groups excluding carboxylic acids is 2. The number of hydrogen-bond donors (Lipinski definition) is 6. The van der Waals surface area contributed by atoms with Crippen LogP contribution in [0.2, 0.25) is 0 Å². The van der Waals surface area contributed by atoms with E-state index in [1.54, 1.807) is 48.5 Å². The van der Waals surface area contributed by atoms with E-state index in [9.17, 15) is 39.6 Å². The molecule has 0 heterocycles. The van der Waals surface area contributed by atoms with E-state index < -0.39 is 46.2 Å². The topological polar surface area (TPSA) is 198 Å². The molecule has 0 saturated heterocycles. The number of nitrogens with zero attached hydrogens (tertiary/aromatic N) is 2. The van der Waals surface area contributed by atoms with Gasteiger partial charge in [-0.25, -0.2) is 9.59 Å². The molecule has 0 amide bonds. The SMILES string of the molecule is O=C1C=C(O)C(=NNc2ccc(C=Cc3ccc(NN=C4C(O)=CC(=O)C=C4C(=O)O)cc3)cc2)C(C(=O)O)=C1.[Na]. The minimum atomic E-state index is -1.39. The summed E-state index contributed by atoms with van der Waals surface area (Å²) in [6, 6.07) is 13.9. The summed E-state index contributed by atoms with van der Waals surface area (Å²) >= 11 is 0. The second kappa shape index (κ2) is 13.3. The molecule has 0 aromatic heterocycles. The van der Waals surface area contributed by atoms with Gasteiger partial charge in [0.05, 0.1) is 22.5 Å². The van der Waals surface area contributed by atoms with Crippen LogP contribution in [0.15, 0.2) is 106 Å². The second-order valence-electron chi connectivity index (χ2n) is 8.31. The van der Waals surface area contributed by atoms with Crippen LogP contribution in [0.5, 0.6) is 0 Å². The average Bonchev–Trinajstić information content (AvgIpc) is 2.91. The molecule has 12 nitrogen and oxygen atoms in total. The Hall–Kier alpha value is -5.04. The molecule has 13 heteroatoms. The number of aliphatic carboxylic acids is 2. The Balaban J connectivity index is 0.00000462. The van der Waals surface area contributed by atoms with E-state index in [4.69, 9.17) is 0 Å². The van der Waals surface area contributed by atoms with E-state index in [0.717, 1.165) is 35.4 Å². The molecule has 0 bridgehead atoms. The normalized spacial score (nSPS) is 16.9. The summed E-state index contributed by atoms with van der Waals surface area (Å²) in [6.45, 7) is 0. The number of rotatable bonds is 8. The second-order valence-corrected chi connectivity index (χ2v) is 8.31. The molecule has 6 N–H and O–H groups in total. The van der Waals surface area contributed by atoms with Crippen LogP contribution in [0.1, 0.15) is 11.1 Å². The molecule has 41 heavy (non-hydrogen) atoms. The zero-order chi connectivity index (χ0) is 28.8. The van der Waals surface area contributed by atoms with Gasteiger partial charge < -0.3 is 20.4 Å². The van der Waals surface area contributed by atoms with Crippen molar-refractivity contribution in [3.8, 4) is 0 Å². The van der Waals surface area contributed by atoms with E-state index in [0.29, 0.717) is 11.4 Å². The first kappa shape index (κ1) is 30.5. The molecule has 2 aliphatic rings. The van der Waals surface area contributed by atoms with Gasteiger partial charge in [-0.3, -0.25) is 20.4 Å². The van der Waals surface area contributed by atoms with Crippen molar-refractivity contribution in [1.82, 2.24) is 0 Å². The van der Waals surface area contributed by atoms with Crippen LogP contribution in [0.25, 0.3) is 12.2 Å². The van der Waals surface area contributed by atoms with Crippen molar-refractivity contribution in [2.75, 3.05) is 10.9 Å². The average molecular weight is 563 g/mol. The van der Waals surface area contributed by atoms with Crippen molar-refractivity contribution >= 4 is 88.0 Å². The van der Waals surface area contributed by atoms with Gasteiger partial charge in [-0.15, -0.1) is 0 Å². The minimum Gasteiger partial charge on any atom is -0.505 e. The summed E-state index contributed by atoms with van der Waals surface area (Å²) in [5, 5.41) is 46.2. The van der Waals surface area contributed by atoms with Crippen LogP contribution in [0.3, 0.4) is 0 Å². The van der Waals surface area contributed by atoms with Crippen molar-refractivity contribution in [3.63, 3.8) is 0 Å². The smallest absolute Gasteiger partial charge is 0.338 e. The molecule has 0 aliphatic heterocycles. The van der Waals surface area contributed by atoms with E-state index in [2.05, 4.69) is 21.1 Å². The Morgan fingerprint density at radius 1 is 0.610 bits per heavy atom. The van der Waals surface area contributed by atoms with Gasteiger partial charge in [0.2, 0.25) is 0 Å². The Morgan fingerprint density at radius 2 is 0.951 bits per heavy atom. The molecule has 0 unspecified atom stereocenters. The number of hydrazone groups is 2. The number of nitrogens with one attached hydrogen (secondary N) is 2. The molecule has 0 saturated carbocycles. The van der Waals surface area contributed by atoms with Crippen molar-refractivity contribution in [2.24, 2.45) is 10.2 Å². The van der Waals surface area contributed by atoms with Gasteiger partial charge >= 0.3 is 11.9 Å². The third-order valence-electron chi connectivity index (χ3n) is 5.47. The fourth-order valence-electron chi connectivity index (χ4n) is 3.52. The van der Waals surface area contributed by atoms with Crippen LogP contribution in [0.4, 0.5) is 11.4 Å². The van der Waals surface area contributed by atoms with Crippen LogP contribution in [-0.2, 0) is 19.2 Å². The zero-order valence-corrected chi connectivity index (χ0v) is 23.4. The maximum absolute atomic E-state index is 11.5. The number of carboxylic acids is 2. The van der Waals surface area contributed by atoms with Crippen LogP contribution < -0.4 is 10.9 Å². The number of carboxylic acid groups (broad SMARTS) is 2. The first-order chi connectivity index (χ1) is 19.1. The van der Waals surface area contributed by atoms with Gasteiger partial charge in [0, 0.05) is 53.9 Å². The van der Waals surface area contributed by atoms with E-state index in [1.807, 2.05) is 12.2 Å². The minimum absolute atomic E-state index is 0. The summed E-state index contributed by atoms with van der Waals surface area (Å²) in [4.78, 5) is 45.6. The Bertz CT molecular complexity index is 1510. The zero-order valence-electron chi connectivity index (χ0n) is 21.4. The summed E-state index contributed by atoms with van der Waals surface area (Å²) in [6.07, 6.45) is 7.20. The Kier molecular flexibility index (Phi) is 9.93. The monoisotopic (exact) mass is 563 g/mol. The number of anilines is 2. The van der Waals surface area contributed by atoms with Gasteiger partial charge in [0.1, 0.15) is 22.9 Å². The molecule has 0 fully saturated rings. The van der Waals surface area contributed by atoms with E-state index in [-0.39, 0.29) is 41.0 Å². The van der Waals surface area contributed by atoms with Gasteiger partial charge in [0.15, 0.2) is 11.6 Å². The summed E-state index contributed by atoms with van der Waals surface area (Å²) in [5.41, 5.74) is 6.65. The predicted molar refractivity (Wildman–Crippen MR) is 153 cm³/mol. The van der Waals surface area contributed by atoms with Crippen molar-refractivity contribution < 1.29 is 39.6 Å². The number of ketones is 2. The molecule has 0 spiro atoms. The van der Waals surface area contributed by atoms with Gasteiger partial charge in [-0.05, 0) is 35.4 Å². The predicted octanol–water partition coefficient (Wildman–Crippen LogP) is 3.08. The molecule has 201 valence electrons. The first-order valence-electron chi connectivity index (χ1n) is 11.5. The first-order valence-corrected chi connectivity index (χ1v) is 11.5. The quantitative estimate of drug-likeness (QED) is 0.120. The summed E-state index contributed by atoms with van der Waals surface area (Å²) in [7, 11) is 0. The van der Waals surface area contributed by atoms with Crippen molar-refractivity contribution in [1.29, 1.82) is 0 Å². The third kappa shape index (κ3) is 7.76. The summed E-state index contributed by atoms with van der Waals surface area (Å²) in [5.74, 6) is -5.18. The molecule has 2 aromatic rings. The number of aliphatic hydroxyl groups excluding tert-OH is 2.